The summed E-state index contributed by atoms with van der Waals surface area (Å²) in [5.41, 5.74) is 4.34. The molecule has 0 radical (unpaired) electrons. The van der Waals surface area contributed by atoms with Crippen molar-refractivity contribution in [2.75, 3.05) is 6.54 Å². The molecule has 0 aromatic carbocycles. The van der Waals surface area contributed by atoms with E-state index in [0.29, 0.717) is 6.42 Å². The van der Waals surface area contributed by atoms with Crippen molar-refractivity contribution < 1.29 is 14.7 Å². The average Bonchev–Trinajstić information content (AvgIpc) is 2.14. The molecular formula is C11H22N2O3. The molecule has 0 unspecified atom stereocenters. The molecule has 4 N–H and O–H groups in total. The number of nitrogens with one attached hydrogen (secondary N) is 1. The summed E-state index contributed by atoms with van der Waals surface area (Å²) in [7, 11) is 0. The fraction of sp³-hybridized carbons (Fsp3) is 0.818. The van der Waals surface area contributed by atoms with Crippen LogP contribution in [0.1, 0.15) is 40.5 Å². The number of carbonyl (C=O) groups is 2. The molecule has 16 heavy (non-hydrogen) atoms. The molecule has 0 heterocycles. The number of rotatable bonds is 6. The highest BCUT2D eigenvalue weighted by atomic mass is 16.4. The minimum atomic E-state index is -0.861. The molecule has 0 atom stereocenters. The van der Waals surface area contributed by atoms with E-state index in [2.05, 4.69) is 5.32 Å². The Bertz CT molecular complexity index is 272. The third-order valence-electron chi connectivity index (χ3n) is 2.54. The second-order valence-corrected chi connectivity index (χ2v) is 5.32. The molecule has 0 aliphatic carbocycles. The molecule has 0 spiro atoms. The van der Waals surface area contributed by atoms with Gasteiger partial charge in [-0.25, -0.2) is 0 Å². The predicted molar refractivity (Wildman–Crippen MR) is 61.9 cm³/mol. The van der Waals surface area contributed by atoms with Crippen LogP contribution in [0.15, 0.2) is 0 Å². The highest BCUT2D eigenvalue weighted by Gasteiger charge is 2.30. The van der Waals surface area contributed by atoms with E-state index in [1.54, 1.807) is 27.7 Å². The quantitative estimate of drug-likeness (QED) is 0.627. The van der Waals surface area contributed by atoms with Crippen LogP contribution in [0.2, 0.25) is 0 Å². The van der Waals surface area contributed by atoms with Crippen LogP contribution in [0.5, 0.6) is 0 Å². The lowest BCUT2D eigenvalue weighted by Gasteiger charge is -2.31. The smallest absolute Gasteiger partial charge is 0.303 e. The molecule has 94 valence electrons. The van der Waals surface area contributed by atoms with E-state index in [1.165, 1.54) is 0 Å². The number of hydrogen-bond donors (Lipinski definition) is 3. The zero-order valence-corrected chi connectivity index (χ0v) is 10.5. The van der Waals surface area contributed by atoms with Crippen molar-refractivity contribution in [3.05, 3.63) is 0 Å². The van der Waals surface area contributed by atoms with Gasteiger partial charge in [-0.2, -0.15) is 0 Å². The second-order valence-electron chi connectivity index (χ2n) is 5.32. The van der Waals surface area contributed by atoms with Crippen molar-refractivity contribution in [1.29, 1.82) is 0 Å². The zero-order valence-electron chi connectivity index (χ0n) is 10.5. The molecule has 0 aliphatic rings. The Kier molecular flexibility index (Phi) is 4.93. The maximum Gasteiger partial charge on any atom is 0.303 e. The molecular weight excluding hydrogens is 208 g/mol. The average molecular weight is 230 g/mol. The molecule has 5 nitrogen and oxygen atoms in total. The molecule has 0 aliphatic heterocycles. The van der Waals surface area contributed by atoms with E-state index >= 15 is 0 Å². The summed E-state index contributed by atoms with van der Waals surface area (Å²) in [6.45, 7) is 7.39. The van der Waals surface area contributed by atoms with Gasteiger partial charge < -0.3 is 16.2 Å². The number of nitrogens with two attached hydrogens (primary N) is 1. The Hall–Kier alpha value is -1.10. The second kappa shape index (κ2) is 5.30. The van der Waals surface area contributed by atoms with Gasteiger partial charge in [0.2, 0.25) is 5.91 Å². The summed E-state index contributed by atoms with van der Waals surface area (Å²) >= 11 is 0. The fourth-order valence-electron chi connectivity index (χ4n) is 1.05. The lowest BCUT2D eigenvalue weighted by atomic mass is 9.89. The zero-order chi connectivity index (χ0) is 13.0. The molecule has 0 aromatic heterocycles. The topological polar surface area (TPSA) is 92.4 Å². The minimum absolute atomic E-state index is 0.0380. The largest absolute Gasteiger partial charge is 0.481 e. The summed E-state index contributed by atoms with van der Waals surface area (Å²) in [5, 5.41) is 11.4. The summed E-state index contributed by atoms with van der Waals surface area (Å²) in [5.74, 6) is -1.01. The first-order valence-corrected chi connectivity index (χ1v) is 5.35. The fourth-order valence-corrected chi connectivity index (χ4v) is 1.05. The van der Waals surface area contributed by atoms with Gasteiger partial charge in [-0.15, -0.1) is 0 Å². The van der Waals surface area contributed by atoms with Gasteiger partial charge in [0.25, 0.3) is 0 Å². The minimum Gasteiger partial charge on any atom is -0.481 e. The van der Waals surface area contributed by atoms with E-state index in [0.717, 1.165) is 0 Å². The van der Waals surface area contributed by atoms with E-state index in [-0.39, 0.29) is 18.9 Å². The van der Waals surface area contributed by atoms with Gasteiger partial charge in [-0.3, -0.25) is 9.59 Å². The van der Waals surface area contributed by atoms with Crippen molar-refractivity contribution in [2.45, 2.75) is 46.1 Å². The van der Waals surface area contributed by atoms with Crippen LogP contribution in [-0.4, -0.2) is 29.1 Å². The molecule has 1 amide bonds. The predicted octanol–water partition coefficient (Wildman–Crippen LogP) is 0.731. The van der Waals surface area contributed by atoms with Gasteiger partial charge in [-0.1, -0.05) is 0 Å². The number of carboxylic acids is 1. The van der Waals surface area contributed by atoms with Crippen LogP contribution in [0.4, 0.5) is 0 Å². The number of carbonyl (C=O) groups excluding carboxylic acids is 1. The Morgan fingerprint density at radius 1 is 1.25 bits per heavy atom. The van der Waals surface area contributed by atoms with Crippen molar-refractivity contribution in [1.82, 2.24) is 5.32 Å². The maximum absolute atomic E-state index is 11.8. The SMILES string of the molecule is CC(C)(CCC(=O)O)NC(=O)C(C)(C)CN. The number of amides is 1. The molecule has 5 heteroatoms. The standard InChI is InChI=1S/C11H22N2O3/c1-10(2,7-12)9(16)13-11(3,4)6-5-8(14)15/h5-7,12H2,1-4H3,(H,13,16)(H,14,15). The van der Waals surface area contributed by atoms with Crippen molar-refractivity contribution >= 4 is 11.9 Å². The Labute approximate surface area is 96.4 Å². The first-order valence-electron chi connectivity index (χ1n) is 5.35. The van der Waals surface area contributed by atoms with Gasteiger partial charge in [0.1, 0.15) is 0 Å². The van der Waals surface area contributed by atoms with Crippen LogP contribution in [0.3, 0.4) is 0 Å². The van der Waals surface area contributed by atoms with Gasteiger partial charge in [-0.05, 0) is 34.1 Å². The van der Waals surface area contributed by atoms with E-state index < -0.39 is 16.9 Å². The summed E-state index contributed by atoms with van der Waals surface area (Å²) in [4.78, 5) is 22.3. The van der Waals surface area contributed by atoms with Crippen molar-refractivity contribution in [3.8, 4) is 0 Å². The van der Waals surface area contributed by atoms with Crippen LogP contribution < -0.4 is 11.1 Å². The van der Waals surface area contributed by atoms with E-state index in [4.69, 9.17) is 10.8 Å². The molecule has 0 saturated heterocycles. The van der Waals surface area contributed by atoms with Crippen LogP contribution in [0.25, 0.3) is 0 Å². The van der Waals surface area contributed by atoms with E-state index in [1.807, 2.05) is 0 Å². The van der Waals surface area contributed by atoms with Gasteiger partial charge in [0, 0.05) is 18.5 Å². The van der Waals surface area contributed by atoms with E-state index in [9.17, 15) is 9.59 Å². The van der Waals surface area contributed by atoms with Gasteiger partial charge in [0.05, 0.1) is 5.41 Å². The van der Waals surface area contributed by atoms with Gasteiger partial charge >= 0.3 is 5.97 Å². The van der Waals surface area contributed by atoms with Crippen molar-refractivity contribution in [2.24, 2.45) is 11.1 Å². The van der Waals surface area contributed by atoms with Gasteiger partial charge in [0.15, 0.2) is 0 Å². The molecule has 0 aromatic rings. The third-order valence-corrected chi connectivity index (χ3v) is 2.54. The lowest BCUT2D eigenvalue weighted by Crippen LogP contribution is -2.51. The number of hydrogen-bond acceptors (Lipinski definition) is 3. The molecule has 0 saturated carbocycles. The Morgan fingerprint density at radius 2 is 1.75 bits per heavy atom. The molecule has 0 fully saturated rings. The summed E-state index contributed by atoms with van der Waals surface area (Å²) in [6.07, 6.45) is 0.436. The van der Waals surface area contributed by atoms with Crippen LogP contribution in [0, 0.1) is 5.41 Å². The monoisotopic (exact) mass is 230 g/mol. The van der Waals surface area contributed by atoms with Crippen LogP contribution >= 0.6 is 0 Å². The Balaban J connectivity index is 4.36. The normalized spacial score (nSPS) is 12.3. The Morgan fingerprint density at radius 3 is 2.12 bits per heavy atom. The van der Waals surface area contributed by atoms with Crippen LogP contribution in [-0.2, 0) is 9.59 Å². The number of carboxylic acid groups (broad SMARTS) is 1. The highest BCUT2D eigenvalue weighted by molar-refractivity contribution is 5.82. The summed E-state index contributed by atoms with van der Waals surface area (Å²) < 4.78 is 0. The molecule has 0 rings (SSSR count). The summed E-state index contributed by atoms with van der Waals surface area (Å²) in [6, 6.07) is 0. The number of aliphatic carboxylic acids is 1. The lowest BCUT2D eigenvalue weighted by molar-refractivity contribution is -0.138. The first kappa shape index (κ1) is 14.9. The maximum atomic E-state index is 11.8. The highest BCUT2D eigenvalue weighted by Crippen LogP contribution is 2.17. The van der Waals surface area contributed by atoms with Crippen molar-refractivity contribution in [3.63, 3.8) is 0 Å². The first-order chi connectivity index (χ1) is 7.10. The molecule has 0 bridgehead atoms. The third kappa shape index (κ3) is 5.11.